The van der Waals surface area contributed by atoms with Crippen LogP contribution in [-0.2, 0) is 5.41 Å². The number of rotatable bonds is 5. The van der Waals surface area contributed by atoms with Gasteiger partial charge in [0.25, 0.3) is 12.0 Å². The largest absolute Gasteiger partial charge is 0.373 e. The Morgan fingerprint density at radius 1 is 1.39 bits per heavy atom. The predicted octanol–water partition coefficient (Wildman–Crippen LogP) is 3.86. The maximum atomic E-state index is 13.7. The van der Waals surface area contributed by atoms with Crippen LogP contribution in [0.25, 0.3) is 17.0 Å². The molecule has 4 aromatic rings. The van der Waals surface area contributed by atoms with Crippen molar-refractivity contribution in [2.24, 2.45) is 0 Å². The van der Waals surface area contributed by atoms with Gasteiger partial charge in [-0.2, -0.15) is 5.10 Å². The Labute approximate surface area is 190 Å². The molecule has 0 spiro atoms. The van der Waals surface area contributed by atoms with E-state index in [0.717, 1.165) is 17.3 Å². The third-order valence-corrected chi connectivity index (χ3v) is 6.10. The predicted molar refractivity (Wildman–Crippen MR) is 116 cm³/mol. The van der Waals surface area contributed by atoms with Gasteiger partial charge in [-0.05, 0) is 12.5 Å². The number of anilines is 1. The average Bonchev–Trinajstić information content (AvgIpc) is 3.44. The van der Waals surface area contributed by atoms with Crippen LogP contribution in [0.3, 0.4) is 0 Å². The zero-order valence-electron chi connectivity index (χ0n) is 17.5. The van der Waals surface area contributed by atoms with Crippen LogP contribution >= 0.6 is 11.6 Å². The second kappa shape index (κ2) is 7.63. The highest BCUT2D eigenvalue weighted by atomic mass is 35.5. The van der Waals surface area contributed by atoms with Crippen molar-refractivity contribution < 1.29 is 18.4 Å². The zero-order chi connectivity index (χ0) is 23.5. The number of hydrogen-bond acceptors (Lipinski definition) is 7. The summed E-state index contributed by atoms with van der Waals surface area (Å²) in [4.78, 5) is 19.5. The molecule has 4 aromatic heterocycles. The third kappa shape index (κ3) is 3.57. The number of fused-ring (bicyclic) bond motifs is 3. The maximum absolute atomic E-state index is 13.7. The van der Waals surface area contributed by atoms with Gasteiger partial charge in [-0.15, -0.1) is 0 Å². The smallest absolute Gasteiger partial charge is 0.264 e. The lowest BCUT2D eigenvalue weighted by Crippen LogP contribution is -2.29. The van der Waals surface area contributed by atoms with E-state index in [1.807, 2.05) is 13.8 Å². The maximum Gasteiger partial charge on any atom is 0.264 e. The van der Waals surface area contributed by atoms with Crippen molar-refractivity contribution in [3.63, 3.8) is 0 Å². The molecule has 0 fully saturated rings. The van der Waals surface area contributed by atoms with E-state index in [2.05, 4.69) is 25.5 Å². The molecule has 9 nitrogen and oxygen atoms in total. The number of aliphatic hydroxyl groups is 1. The van der Waals surface area contributed by atoms with E-state index in [1.54, 1.807) is 16.8 Å². The molecule has 2 atom stereocenters. The summed E-state index contributed by atoms with van der Waals surface area (Å²) >= 11 is 6.05. The zero-order valence-corrected chi connectivity index (χ0v) is 18.3. The number of aliphatic hydroxyl groups excluding tert-OH is 1. The number of halogens is 3. The molecule has 3 N–H and O–H groups in total. The summed E-state index contributed by atoms with van der Waals surface area (Å²) in [6.45, 7) is 4.02. The molecule has 0 aliphatic heterocycles. The van der Waals surface area contributed by atoms with Gasteiger partial charge in [0.05, 0.1) is 17.5 Å². The normalized spacial score (nSPS) is 18.1. The van der Waals surface area contributed by atoms with Crippen LogP contribution in [0.2, 0.25) is 5.15 Å². The number of H-pyrrole nitrogens is 1. The minimum absolute atomic E-state index is 0.0477. The minimum Gasteiger partial charge on any atom is -0.373 e. The molecule has 2 unspecified atom stereocenters. The van der Waals surface area contributed by atoms with Gasteiger partial charge in [-0.1, -0.05) is 30.6 Å². The number of nitrogens with one attached hydrogen (secondary N) is 2. The second-order valence-electron chi connectivity index (χ2n) is 8.60. The fraction of sp³-hybridized carbons (Fsp3) is 0.333. The molecular weight excluding hydrogens is 458 g/mol. The Balaban J connectivity index is 1.51. The molecule has 0 bridgehead atoms. The van der Waals surface area contributed by atoms with E-state index >= 15 is 0 Å². The summed E-state index contributed by atoms with van der Waals surface area (Å²) in [6, 6.07) is 4.06. The van der Waals surface area contributed by atoms with Crippen molar-refractivity contribution in [3.8, 4) is 11.3 Å². The Bertz CT molecular complexity index is 1400. The van der Waals surface area contributed by atoms with Crippen molar-refractivity contribution in [2.45, 2.75) is 44.3 Å². The Morgan fingerprint density at radius 3 is 2.88 bits per heavy atom. The third-order valence-electron chi connectivity index (χ3n) is 5.92. The average molecular weight is 477 g/mol. The molecular formula is C21H19ClF2N6O3. The number of hydrogen-bond donors (Lipinski definition) is 3. The van der Waals surface area contributed by atoms with E-state index < -0.39 is 29.7 Å². The summed E-state index contributed by atoms with van der Waals surface area (Å²) in [7, 11) is 0. The molecule has 0 saturated heterocycles. The summed E-state index contributed by atoms with van der Waals surface area (Å²) in [5.74, 6) is -0.561. The van der Waals surface area contributed by atoms with Gasteiger partial charge in [0.15, 0.2) is 16.6 Å². The van der Waals surface area contributed by atoms with Gasteiger partial charge in [-0.3, -0.25) is 4.79 Å². The van der Waals surface area contributed by atoms with E-state index in [9.17, 15) is 18.7 Å². The highest BCUT2D eigenvalue weighted by molar-refractivity contribution is 6.29. The summed E-state index contributed by atoms with van der Waals surface area (Å²) in [5.41, 5.74) is 0.181. The summed E-state index contributed by atoms with van der Waals surface area (Å²) in [5, 5.41) is 21.8. The molecule has 33 heavy (non-hydrogen) atoms. The van der Waals surface area contributed by atoms with Gasteiger partial charge in [0, 0.05) is 40.8 Å². The highest BCUT2D eigenvalue weighted by Crippen LogP contribution is 2.47. The molecule has 0 radical (unpaired) electrons. The molecule has 172 valence electrons. The first-order valence-corrected chi connectivity index (χ1v) is 10.5. The van der Waals surface area contributed by atoms with Crippen LogP contribution in [0.4, 0.5) is 14.6 Å². The lowest BCUT2D eigenvalue weighted by molar-refractivity contribution is 0.151. The van der Waals surface area contributed by atoms with Crippen LogP contribution < -0.4 is 10.9 Å². The number of aromatic amines is 1. The van der Waals surface area contributed by atoms with E-state index in [4.69, 9.17) is 16.1 Å². The van der Waals surface area contributed by atoms with Crippen LogP contribution in [0.15, 0.2) is 39.9 Å². The molecule has 0 amide bonds. The highest BCUT2D eigenvalue weighted by Gasteiger charge is 2.43. The molecule has 5 rings (SSSR count). The van der Waals surface area contributed by atoms with E-state index in [0.29, 0.717) is 17.2 Å². The van der Waals surface area contributed by atoms with Crippen LogP contribution in [0, 0.1) is 0 Å². The topological polar surface area (TPSA) is 121 Å². The van der Waals surface area contributed by atoms with Crippen molar-refractivity contribution in [3.05, 3.63) is 62.9 Å². The molecule has 0 aromatic carbocycles. The fourth-order valence-electron chi connectivity index (χ4n) is 4.59. The lowest BCUT2D eigenvalue weighted by atomic mass is 9.88. The van der Waals surface area contributed by atoms with Crippen LogP contribution in [0.5, 0.6) is 0 Å². The van der Waals surface area contributed by atoms with Gasteiger partial charge >= 0.3 is 0 Å². The molecule has 4 heterocycles. The number of pyridine rings is 1. The van der Waals surface area contributed by atoms with Crippen molar-refractivity contribution in [1.29, 1.82) is 0 Å². The lowest BCUT2D eigenvalue weighted by Gasteiger charge is -2.23. The molecule has 1 aliphatic carbocycles. The van der Waals surface area contributed by atoms with Gasteiger partial charge in [0.2, 0.25) is 0 Å². The summed E-state index contributed by atoms with van der Waals surface area (Å²) in [6.07, 6.45) is -0.701. The van der Waals surface area contributed by atoms with Gasteiger partial charge in [-0.25, -0.2) is 18.3 Å². The number of alkyl halides is 2. The summed E-state index contributed by atoms with van der Waals surface area (Å²) < 4.78 is 34.0. The first kappa shape index (κ1) is 21.5. The SMILES string of the molecule is CC1(C)CC(C(O)Nc2cc(C(F)F)c(-c3ccno3)c(=O)[nH]2)c2cnc3cc(Cl)nn3c21. The van der Waals surface area contributed by atoms with E-state index in [1.165, 1.54) is 12.3 Å². The first-order valence-electron chi connectivity index (χ1n) is 10.1. The molecule has 12 heteroatoms. The Morgan fingerprint density at radius 2 is 2.18 bits per heavy atom. The molecule has 0 saturated carbocycles. The van der Waals surface area contributed by atoms with Gasteiger partial charge < -0.3 is 19.9 Å². The second-order valence-corrected chi connectivity index (χ2v) is 8.99. The Hall–Kier alpha value is -3.31. The standard InChI is InChI=1S/C21H19ClF2N6O3/c1-21(2)7-10(11-8-25-15-6-13(22)29-30(15)17(11)21)19(31)27-14-5-9(18(23)24)16(20(32)28-14)12-3-4-26-33-12/h3-6,8,10,18-19,31H,7H2,1-2H3,(H2,27,28,32). The fourth-order valence-corrected chi connectivity index (χ4v) is 4.77. The first-order chi connectivity index (χ1) is 15.7. The number of nitrogens with zero attached hydrogens (tertiary/aromatic N) is 4. The quantitative estimate of drug-likeness (QED) is 0.374. The van der Waals surface area contributed by atoms with Crippen molar-refractivity contribution >= 4 is 23.1 Å². The van der Waals surface area contributed by atoms with Crippen molar-refractivity contribution in [2.75, 3.05) is 5.32 Å². The van der Waals surface area contributed by atoms with Crippen LogP contribution in [0.1, 0.15) is 49.4 Å². The van der Waals surface area contributed by atoms with Gasteiger partial charge in [0.1, 0.15) is 12.0 Å². The number of aromatic nitrogens is 5. The molecule has 1 aliphatic rings. The van der Waals surface area contributed by atoms with E-state index in [-0.39, 0.29) is 22.6 Å². The minimum atomic E-state index is -2.95. The Kier molecular flexibility index (Phi) is 4.98. The monoisotopic (exact) mass is 476 g/mol. The van der Waals surface area contributed by atoms with Crippen LogP contribution in [-0.4, -0.2) is 36.1 Å². The van der Waals surface area contributed by atoms with Crippen molar-refractivity contribution in [1.82, 2.24) is 24.7 Å².